The van der Waals surface area contributed by atoms with Gasteiger partial charge in [-0.15, -0.1) is 0 Å². The molecule has 1 aliphatic rings. The Labute approximate surface area is 153 Å². The monoisotopic (exact) mass is 356 g/mol. The van der Waals surface area contributed by atoms with Crippen LogP contribution >= 0.6 is 0 Å². The van der Waals surface area contributed by atoms with Gasteiger partial charge in [-0.3, -0.25) is 0 Å². The van der Waals surface area contributed by atoms with Crippen molar-refractivity contribution in [1.29, 1.82) is 0 Å². The van der Waals surface area contributed by atoms with Gasteiger partial charge in [0, 0.05) is 19.2 Å². The van der Waals surface area contributed by atoms with E-state index in [1.807, 2.05) is 25.1 Å². The zero-order chi connectivity index (χ0) is 18.4. The number of anilines is 3. The van der Waals surface area contributed by atoms with Crippen molar-refractivity contribution >= 4 is 23.3 Å². The van der Waals surface area contributed by atoms with Gasteiger partial charge in [0.1, 0.15) is 17.5 Å². The summed E-state index contributed by atoms with van der Waals surface area (Å²) in [7, 11) is 0. The minimum Gasteiger partial charge on any atom is -0.462 e. The van der Waals surface area contributed by atoms with Gasteiger partial charge in [0.25, 0.3) is 0 Å². The fraction of sp³-hybridized carbons (Fsp3) is 0.421. The predicted octanol–water partition coefficient (Wildman–Crippen LogP) is 3.30. The fourth-order valence-electron chi connectivity index (χ4n) is 2.86. The molecular weight excluding hydrogens is 332 g/mol. The van der Waals surface area contributed by atoms with Crippen LogP contribution in [0, 0.1) is 6.92 Å². The van der Waals surface area contributed by atoms with Gasteiger partial charge in [-0.05, 0) is 38.8 Å². The molecule has 1 atom stereocenters. The van der Waals surface area contributed by atoms with Crippen molar-refractivity contribution in [2.45, 2.75) is 32.8 Å². The Morgan fingerprint density at radius 2 is 2.12 bits per heavy atom. The molecule has 0 amide bonds. The summed E-state index contributed by atoms with van der Waals surface area (Å²) >= 11 is 0. The van der Waals surface area contributed by atoms with Gasteiger partial charge in [0.15, 0.2) is 0 Å². The quantitative estimate of drug-likeness (QED) is 0.736. The fourth-order valence-corrected chi connectivity index (χ4v) is 2.86. The number of benzene rings is 1. The number of para-hydroxylation sites is 1. The van der Waals surface area contributed by atoms with Gasteiger partial charge < -0.3 is 20.1 Å². The van der Waals surface area contributed by atoms with E-state index in [-0.39, 0.29) is 12.1 Å². The molecule has 26 heavy (non-hydrogen) atoms. The summed E-state index contributed by atoms with van der Waals surface area (Å²) < 4.78 is 10.7. The Hall–Kier alpha value is -2.67. The minimum atomic E-state index is -0.363. The van der Waals surface area contributed by atoms with Gasteiger partial charge in [-0.2, -0.15) is 0 Å². The molecule has 1 aromatic heterocycles. The van der Waals surface area contributed by atoms with Gasteiger partial charge >= 0.3 is 5.97 Å². The molecule has 3 rings (SSSR count). The first-order chi connectivity index (χ1) is 12.7. The minimum absolute atomic E-state index is 0.228. The molecule has 1 aromatic carbocycles. The number of esters is 1. The summed E-state index contributed by atoms with van der Waals surface area (Å²) in [6.07, 6.45) is 2.40. The first-order valence-electron chi connectivity index (χ1n) is 8.90. The van der Waals surface area contributed by atoms with Crippen LogP contribution in [0.25, 0.3) is 0 Å². The maximum atomic E-state index is 12.1. The van der Waals surface area contributed by atoms with Crippen LogP contribution < -0.4 is 10.6 Å². The molecule has 1 saturated heterocycles. The predicted molar refractivity (Wildman–Crippen MR) is 99.9 cm³/mol. The lowest BCUT2D eigenvalue weighted by Gasteiger charge is -2.14. The Morgan fingerprint density at radius 1 is 1.31 bits per heavy atom. The van der Waals surface area contributed by atoms with E-state index in [1.54, 1.807) is 19.1 Å². The Balaban J connectivity index is 1.74. The number of carbonyl (C=O) groups excluding carboxylic acids is 1. The topological polar surface area (TPSA) is 85.4 Å². The van der Waals surface area contributed by atoms with E-state index in [0.29, 0.717) is 29.5 Å². The van der Waals surface area contributed by atoms with Gasteiger partial charge in [-0.25, -0.2) is 14.8 Å². The van der Waals surface area contributed by atoms with Crippen molar-refractivity contribution in [3.63, 3.8) is 0 Å². The van der Waals surface area contributed by atoms with Crippen LogP contribution in [-0.4, -0.2) is 41.8 Å². The molecule has 0 spiro atoms. The van der Waals surface area contributed by atoms with E-state index in [9.17, 15) is 4.79 Å². The van der Waals surface area contributed by atoms with Gasteiger partial charge in [-0.1, -0.05) is 12.1 Å². The van der Waals surface area contributed by atoms with Crippen molar-refractivity contribution in [2.75, 3.05) is 30.4 Å². The van der Waals surface area contributed by atoms with Crippen LogP contribution in [0.4, 0.5) is 17.3 Å². The summed E-state index contributed by atoms with van der Waals surface area (Å²) in [4.78, 5) is 20.9. The molecule has 2 heterocycles. The van der Waals surface area contributed by atoms with Crippen LogP contribution in [0.5, 0.6) is 0 Å². The molecule has 2 N–H and O–H groups in total. The van der Waals surface area contributed by atoms with Crippen molar-refractivity contribution in [3.05, 3.63) is 41.7 Å². The molecule has 2 aromatic rings. The number of nitrogens with zero attached hydrogens (tertiary/aromatic N) is 2. The molecule has 0 bridgehead atoms. The Kier molecular flexibility index (Phi) is 6.01. The van der Waals surface area contributed by atoms with Crippen molar-refractivity contribution in [1.82, 2.24) is 9.97 Å². The first-order valence-corrected chi connectivity index (χ1v) is 8.90. The lowest BCUT2D eigenvalue weighted by molar-refractivity contribution is 0.0527. The van der Waals surface area contributed by atoms with E-state index in [2.05, 4.69) is 20.6 Å². The third-order valence-electron chi connectivity index (χ3n) is 4.06. The second-order valence-electron chi connectivity index (χ2n) is 6.09. The van der Waals surface area contributed by atoms with Crippen LogP contribution in [0.1, 0.15) is 35.9 Å². The molecule has 7 heteroatoms. The molecule has 0 radical (unpaired) electrons. The van der Waals surface area contributed by atoms with Gasteiger partial charge in [0.2, 0.25) is 0 Å². The first kappa shape index (κ1) is 18.1. The number of aryl methyl sites for hydroxylation is 1. The number of nitrogens with one attached hydrogen (secondary N) is 2. The highest BCUT2D eigenvalue weighted by Crippen LogP contribution is 2.22. The number of carbonyl (C=O) groups is 1. The molecule has 1 aliphatic heterocycles. The van der Waals surface area contributed by atoms with Crippen LogP contribution in [0.2, 0.25) is 0 Å². The number of hydrogen-bond acceptors (Lipinski definition) is 7. The molecule has 1 unspecified atom stereocenters. The summed E-state index contributed by atoms with van der Waals surface area (Å²) in [5.41, 5.74) is 1.12. The Bertz CT molecular complexity index is 760. The van der Waals surface area contributed by atoms with Gasteiger partial charge in [0.05, 0.1) is 24.0 Å². The van der Waals surface area contributed by atoms with E-state index in [0.717, 1.165) is 31.8 Å². The van der Waals surface area contributed by atoms with Crippen LogP contribution in [0.3, 0.4) is 0 Å². The molecule has 0 saturated carbocycles. The highest BCUT2D eigenvalue weighted by Gasteiger charge is 2.16. The second-order valence-corrected chi connectivity index (χ2v) is 6.09. The maximum Gasteiger partial charge on any atom is 0.340 e. The molecule has 138 valence electrons. The Morgan fingerprint density at radius 3 is 2.88 bits per heavy atom. The molecule has 7 nitrogen and oxygen atoms in total. The zero-order valence-electron chi connectivity index (χ0n) is 15.1. The van der Waals surface area contributed by atoms with Crippen molar-refractivity contribution in [2.24, 2.45) is 0 Å². The normalized spacial score (nSPS) is 16.3. The summed E-state index contributed by atoms with van der Waals surface area (Å²) in [6, 6.07) is 9.03. The van der Waals surface area contributed by atoms with Crippen molar-refractivity contribution < 1.29 is 14.3 Å². The average molecular weight is 356 g/mol. The largest absolute Gasteiger partial charge is 0.462 e. The molecule has 1 fully saturated rings. The van der Waals surface area contributed by atoms with E-state index in [4.69, 9.17) is 9.47 Å². The lowest BCUT2D eigenvalue weighted by Crippen LogP contribution is -2.19. The maximum absolute atomic E-state index is 12.1. The summed E-state index contributed by atoms with van der Waals surface area (Å²) in [5, 5.41) is 6.50. The average Bonchev–Trinajstić information content (AvgIpc) is 3.14. The number of aromatic nitrogens is 2. The van der Waals surface area contributed by atoms with E-state index < -0.39 is 0 Å². The van der Waals surface area contributed by atoms with E-state index in [1.165, 1.54) is 0 Å². The second kappa shape index (κ2) is 8.62. The number of rotatable bonds is 7. The number of hydrogen-bond donors (Lipinski definition) is 2. The smallest absolute Gasteiger partial charge is 0.340 e. The van der Waals surface area contributed by atoms with E-state index >= 15 is 0 Å². The summed E-state index contributed by atoms with van der Waals surface area (Å²) in [5.74, 6) is 1.62. The highest BCUT2D eigenvalue weighted by atomic mass is 16.5. The molecule has 0 aliphatic carbocycles. The SMILES string of the molecule is CCOC(=O)c1ccccc1Nc1cc(NCC2CCCO2)nc(C)n1. The third-order valence-corrected chi connectivity index (χ3v) is 4.06. The van der Waals surface area contributed by atoms with Crippen LogP contribution in [0.15, 0.2) is 30.3 Å². The zero-order valence-corrected chi connectivity index (χ0v) is 15.1. The highest BCUT2D eigenvalue weighted by molar-refractivity contribution is 5.96. The number of ether oxygens (including phenoxy) is 2. The van der Waals surface area contributed by atoms with Crippen molar-refractivity contribution in [3.8, 4) is 0 Å². The van der Waals surface area contributed by atoms with Crippen LogP contribution in [-0.2, 0) is 9.47 Å². The lowest BCUT2D eigenvalue weighted by atomic mass is 10.2. The standard InChI is InChI=1S/C19H24N4O3/c1-3-25-19(24)15-8-4-5-9-16(15)23-18-11-17(21-13(2)22-18)20-12-14-7-6-10-26-14/h4-5,8-9,11,14H,3,6-7,10,12H2,1-2H3,(H2,20,21,22,23). The third kappa shape index (κ3) is 4.70. The summed E-state index contributed by atoms with van der Waals surface area (Å²) in [6.45, 7) is 5.49. The molecular formula is C19H24N4O3.